The Morgan fingerprint density at radius 2 is 2.25 bits per heavy atom. The van der Waals surface area contributed by atoms with Crippen LogP contribution in [0.15, 0.2) is 4.99 Å². The van der Waals surface area contributed by atoms with E-state index in [9.17, 15) is 0 Å². The summed E-state index contributed by atoms with van der Waals surface area (Å²) in [6.07, 6.45) is 5.00. The number of aliphatic imine (C=N–C) groups is 1. The molecule has 20 heavy (non-hydrogen) atoms. The molecule has 0 aromatic heterocycles. The third-order valence-electron chi connectivity index (χ3n) is 5.02. The summed E-state index contributed by atoms with van der Waals surface area (Å²) in [5.74, 6) is 1.24. The van der Waals surface area contributed by atoms with E-state index < -0.39 is 0 Å². The molecule has 0 saturated carbocycles. The fourth-order valence-electron chi connectivity index (χ4n) is 3.67. The summed E-state index contributed by atoms with van der Waals surface area (Å²) in [5.41, 5.74) is 6.24. The molecule has 3 atom stereocenters. The van der Waals surface area contributed by atoms with Crippen molar-refractivity contribution in [1.82, 2.24) is 4.90 Å². The van der Waals surface area contributed by atoms with Crippen LogP contribution in [0.3, 0.4) is 0 Å². The lowest BCUT2D eigenvalue weighted by Crippen LogP contribution is -2.58. The van der Waals surface area contributed by atoms with Crippen molar-refractivity contribution in [3.63, 3.8) is 0 Å². The number of rotatable bonds is 3. The largest absolute Gasteiger partial charge is 0.378 e. The Hall–Kier alpha value is -0.810. The van der Waals surface area contributed by atoms with E-state index in [-0.39, 0.29) is 5.54 Å². The third kappa shape index (κ3) is 2.53. The second-order valence-electron chi connectivity index (χ2n) is 6.75. The van der Waals surface area contributed by atoms with Crippen LogP contribution >= 0.6 is 0 Å². The average molecular weight is 281 g/mol. The predicted octanol–water partition coefficient (Wildman–Crippen LogP) is 1.37. The molecule has 3 rings (SSSR count). The maximum atomic E-state index is 6.16. The van der Waals surface area contributed by atoms with Gasteiger partial charge in [0, 0.05) is 19.8 Å². The lowest BCUT2D eigenvalue weighted by Gasteiger charge is -2.46. The summed E-state index contributed by atoms with van der Waals surface area (Å²) in [4.78, 5) is 6.86. The van der Waals surface area contributed by atoms with Gasteiger partial charge in [-0.3, -0.25) is 4.99 Å². The van der Waals surface area contributed by atoms with Gasteiger partial charge in [-0.2, -0.15) is 0 Å². The summed E-state index contributed by atoms with van der Waals surface area (Å²) in [7, 11) is 0. The van der Waals surface area contributed by atoms with Crippen LogP contribution in [0.2, 0.25) is 0 Å². The minimum atomic E-state index is 0.0726. The second-order valence-corrected chi connectivity index (χ2v) is 6.75. The molecule has 0 bridgehead atoms. The molecule has 114 valence electrons. The Labute approximate surface area is 121 Å². The lowest BCUT2D eigenvalue weighted by molar-refractivity contribution is -0.0728. The second kappa shape index (κ2) is 5.53. The third-order valence-corrected chi connectivity index (χ3v) is 5.02. The Balaban J connectivity index is 1.73. The molecule has 0 aromatic rings. The van der Waals surface area contributed by atoms with Crippen molar-refractivity contribution in [3.05, 3.63) is 0 Å². The van der Waals surface area contributed by atoms with Crippen molar-refractivity contribution < 1.29 is 9.47 Å². The number of nitrogens with zero attached hydrogens (tertiary/aromatic N) is 2. The van der Waals surface area contributed by atoms with Crippen molar-refractivity contribution in [1.29, 1.82) is 0 Å². The summed E-state index contributed by atoms with van der Waals surface area (Å²) in [5, 5.41) is 0. The van der Waals surface area contributed by atoms with Gasteiger partial charge in [0.15, 0.2) is 5.96 Å². The summed E-state index contributed by atoms with van der Waals surface area (Å²) in [6, 6.07) is 0. The van der Waals surface area contributed by atoms with Gasteiger partial charge in [0.1, 0.15) is 0 Å². The number of guanidine groups is 1. The fraction of sp³-hybridized carbons (Fsp3) is 0.933. The maximum absolute atomic E-state index is 6.16. The minimum Gasteiger partial charge on any atom is -0.378 e. The zero-order valence-corrected chi connectivity index (χ0v) is 12.7. The van der Waals surface area contributed by atoms with Gasteiger partial charge in [0.2, 0.25) is 0 Å². The van der Waals surface area contributed by atoms with Crippen LogP contribution in [0.25, 0.3) is 0 Å². The molecule has 5 nitrogen and oxygen atoms in total. The first-order valence-electron chi connectivity index (χ1n) is 7.91. The first kappa shape index (κ1) is 14.1. The number of nitrogens with two attached hydrogens (primary N) is 1. The molecule has 0 radical (unpaired) electrons. The molecule has 0 aliphatic carbocycles. The first-order valence-corrected chi connectivity index (χ1v) is 7.91. The molecule has 5 heteroatoms. The van der Waals surface area contributed by atoms with Crippen LogP contribution in [-0.2, 0) is 9.47 Å². The molecule has 2 fully saturated rings. The first-order chi connectivity index (χ1) is 9.61. The van der Waals surface area contributed by atoms with Crippen molar-refractivity contribution in [2.75, 3.05) is 26.3 Å². The Bertz CT molecular complexity index is 379. The van der Waals surface area contributed by atoms with E-state index in [1.165, 1.54) is 6.42 Å². The fourth-order valence-corrected chi connectivity index (χ4v) is 3.67. The SMILES string of the molecule is CC(C)C1CC2(CCO1)CN=C(N)N2CC1CCCO1. The zero-order valence-electron chi connectivity index (χ0n) is 12.7. The monoisotopic (exact) mass is 281 g/mol. The van der Waals surface area contributed by atoms with E-state index in [2.05, 4.69) is 23.7 Å². The van der Waals surface area contributed by atoms with Crippen LogP contribution < -0.4 is 5.73 Å². The molecule has 3 aliphatic heterocycles. The summed E-state index contributed by atoms with van der Waals surface area (Å²) in [6.45, 7) is 7.87. The summed E-state index contributed by atoms with van der Waals surface area (Å²) < 4.78 is 11.7. The van der Waals surface area contributed by atoms with Crippen LogP contribution in [0.4, 0.5) is 0 Å². The topological polar surface area (TPSA) is 60.1 Å². The van der Waals surface area contributed by atoms with Gasteiger partial charge in [-0.1, -0.05) is 13.8 Å². The van der Waals surface area contributed by atoms with E-state index in [4.69, 9.17) is 15.2 Å². The predicted molar refractivity (Wildman–Crippen MR) is 78.7 cm³/mol. The molecular formula is C15H27N3O2. The number of ether oxygens (including phenoxy) is 2. The van der Waals surface area contributed by atoms with Crippen LogP contribution in [0, 0.1) is 5.92 Å². The minimum absolute atomic E-state index is 0.0726. The van der Waals surface area contributed by atoms with Crippen molar-refractivity contribution in [2.24, 2.45) is 16.6 Å². The number of hydrogen-bond donors (Lipinski definition) is 1. The van der Waals surface area contributed by atoms with Gasteiger partial charge in [0.25, 0.3) is 0 Å². The van der Waals surface area contributed by atoms with E-state index >= 15 is 0 Å². The van der Waals surface area contributed by atoms with Crippen molar-refractivity contribution in [2.45, 2.75) is 57.3 Å². The molecule has 3 aliphatic rings. The van der Waals surface area contributed by atoms with Gasteiger partial charge in [-0.05, 0) is 31.6 Å². The summed E-state index contributed by atoms with van der Waals surface area (Å²) >= 11 is 0. The molecule has 1 spiro atoms. The van der Waals surface area contributed by atoms with E-state index in [0.29, 0.717) is 24.1 Å². The normalized spacial score (nSPS) is 38.0. The highest BCUT2D eigenvalue weighted by atomic mass is 16.5. The molecule has 3 heterocycles. The molecular weight excluding hydrogens is 254 g/mol. The Kier molecular flexibility index (Phi) is 3.91. The quantitative estimate of drug-likeness (QED) is 0.849. The van der Waals surface area contributed by atoms with Gasteiger partial charge >= 0.3 is 0 Å². The van der Waals surface area contributed by atoms with Gasteiger partial charge in [0.05, 0.1) is 24.3 Å². The van der Waals surface area contributed by atoms with Crippen LogP contribution in [-0.4, -0.2) is 54.9 Å². The molecule has 0 aromatic carbocycles. The smallest absolute Gasteiger partial charge is 0.191 e. The van der Waals surface area contributed by atoms with Crippen LogP contribution in [0.1, 0.15) is 39.5 Å². The molecule has 0 amide bonds. The van der Waals surface area contributed by atoms with Gasteiger partial charge < -0.3 is 20.1 Å². The Morgan fingerprint density at radius 3 is 2.95 bits per heavy atom. The lowest BCUT2D eigenvalue weighted by atomic mass is 9.82. The molecule has 3 unspecified atom stereocenters. The number of hydrogen-bond acceptors (Lipinski definition) is 5. The van der Waals surface area contributed by atoms with E-state index in [1.54, 1.807) is 0 Å². The van der Waals surface area contributed by atoms with Crippen molar-refractivity contribution >= 4 is 5.96 Å². The zero-order chi connectivity index (χ0) is 14.2. The van der Waals surface area contributed by atoms with Gasteiger partial charge in [-0.25, -0.2) is 0 Å². The standard InChI is InChI=1S/C15H27N3O2/c1-11(2)13-8-15(5-7-20-13)10-17-14(16)18(15)9-12-4-3-6-19-12/h11-13H,3-10H2,1-2H3,(H2,16,17). The van der Waals surface area contributed by atoms with E-state index in [0.717, 1.165) is 45.6 Å². The molecule has 2 N–H and O–H groups in total. The van der Waals surface area contributed by atoms with Crippen molar-refractivity contribution in [3.8, 4) is 0 Å². The highest BCUT2D eigenvalue weighted by Gasteiger charge is 2.47. The maximum Gasteiger partial charge on any atom is 0.191 e. The van der Waals surface area contributed by atoms with Gasteiger partial charge in [-0.15, -0.1) is 0 Å². The molecule has 2 saturated heterocycles. The average Bonchev–Trinajstić information content (AvgIpc) is 3.04. The van der Waals surface area contributed by atoms with Crippen LogP contribution in [0.5, 0.6) is 0 Å². The highest BCUT2D eigenvalue weighted by molar-refractivity contribution is 5.81. The highest BCUT2D eigenvalue weighted by Crippen LogP contribution is 2.37. The van der Waals surface area contributed by atoms with E-state index in [1.807, 2.05) is 0 Å². The Morgan fingerprint density at radius 1 is 1.40 bits per heavy atom.